The average molecular weight is 307 g/mol. The van der Waals surface area contributed by atoms with Crippen LogP contribution in [0.15, 0.2) is 24.4 Å². The van der Waals surface area contributed by atoms with Crippen molar-refractivity contribution in [3.05, 3.63) is 41.2 Å². The Hall–Kier alpha value is -2.01. The Morgan fingerprint density at radius 3 is 3.05 bits per heavy atom. The molecular formula is C15H19ClN4O. The quantitative estimate of drug-likeness (QED) is 0.916. The number of nitrogens with one attached hydrogen (secondary N) is 2. The van der Waals surface area contributed by atoms with E-state index in [0.29, 0.717) is 5.56 Å². The summed E-state index contributed by atoms with van der Waals surface area (Å²) in [4.78, 5) is 12.3. The maximum Gasteiger partial charge on any atom is 0.259 e. The molecule has 2 N–H and O–H groups in total. The molecule has 0 atom stereocenters. The van der Waals surface area contributed by atoms with Crippen molar-refractivity contribution in [2.45, 2.75) is 19.8 Å². The Kier molecular flexibility index (Phi) is 4.53. The van der Waals surface area contributed by atoms with Crippen molar-refractivity contribution in [1.29, 1.82) is 0 Å². The minimum absolute atomic E-state index is 0. The van der Waals surface area contributed by atoms with E-state index in [1.165, 1.54) is 11.3 Å². The molecule has 0 bridgehead atoms. The zero-order chi connectivity index (χ0) is 14.1. The van der Waals surface area contributed by atoms with Crippen LogP contribution in [0.1, 0.15) is 28.5 Å². The molecule has 5 nitrogen and oxygen atoms in total. The van der Waals surface area contributed by atoms with Crippen molar-refractivity contribution in [2.24, 2.45) is 7.05 Å². The number of aryl methyl sites for hydroxylation is 2. The Bertz CT molecular complexity index is 666. The van der Waals surface area contributed by atoms with E-state index in [1.807, 2.05) is 32.2 Å². The predicted molar refractivity (Wildman–Crippen MR) is 86.4 cm³/mol. The van der Waals surface area contributed by atoms with Crippen molar-refractivity contribution in [1.82, 2.24) is 9.78 Å². The zero-order valence-electron chi connectivity index (χ0n) is 12.1. The van der Waals surface area contributed by atoms with Gasteiger partial charge in [-0.15, -0.1) is 12.4 Å². The number of fused-ring (bicyclic) bond motifs is 1. The Balaban J connectivity index is 0.00000161. The second-order valence-electron chi connectivity index (χ2n) is 5.02. The predicted octanol–water partition coefficient (Wildman–Crippen LogP) is 2.62. The molecule has 1 aliphatic rings. The zero-order valence-corrected chi connectivity index (χ0v) is 13.0. The highest BCUT2D eigenvalue weighted by molar-refractivity contribution is 6.05. The molecule has 0 fully saturated rings. The lowest BCUT2D eigenvalue weighted by Crippen LogP contribution is -2.13. The summed E-state index contributed by atoms with van der Waals surface area (Å²) in [6.45, 7) is 2.97. The van der Waals surface area contributed by atoms with E-state index in [9.17, 15) is 4.79 Å². The monoisotopic (exact) mass is 306 g/mol. The summed E-state index contributed by atoms with van der Waals surface area (Å²) in [5, 5.41) is 10.6. The summed E-state index contributed by atoms with van der Waals surface area (Å²) < 4.78 is 1.68. The fraction of sp³-hybridized carbons (Fsp3) is 0.333. The number of carbonyl (C=O) groups excluding carboxylic acids is 1. The fourth-order valence-corrected chi connectivity index (χ4v) is 2.57. The molecule has 112 valence electrons. The first-order valence-corrected chi connectivity index (χ1v) is 6.88. The van der Waals surface area contributed by atoms with Crippen LogP contribution in [0.25, 0.3) is 0 Å². The van der Waals surface area contributed by atoms with Gasteiger partial charge in [-0.25, -0.2) is 0 Å². The van der Waals surface area contributed by atoms with Crippen molar-refractivity contribution in [2.75, 3.05) is 17.2 Å². The van der Waals surface area contributed by atoms with Crippen LogP contribution in [-0.4, -0.2) is 22.2 Å². The van der Waals surface area contributed by atoms with Gasteiger partial charge in [0.15, 0.2) is 0 Å². The Morgan fingerprint density at radius 1 is 1.48 bits per heavy atom. The molecule has 1 aliphatic heterocycles. The van der Waals surface area contributed by atoms with Gasteiger partial charge in [-0.1, -0.05) is 6.92 Å². The first kappa shape index (κ1) is 15.4. The molecule has 0 saturated carbocycles. The third-order valence-corrected chi connectivity index (χ3v) is 3.56. The van der Waals surface area contributed by atoms with E-state index < -0.39 is 0 Å². The molecule has 2 aromatic rings. The van der Waals surface area contributed by atoms with Crippen molar-refractivity contribution < 1.29 is 4.79 Å². The van der Waals surface area contributed by atoms with Crippen LogP contribution in [0.5, 0.6) is 0 Å². The van der Waals surface area contributed by atoms with Crippen LogP contribution in [-0.2, 0) is 19.9 Å². The van der Waals surface area contributed by atoms with Crippen LogP contribution in [0.4, 0.5) is 11.4 Å². The number of nitrogens with zero attached hydrogens (tertiary/aromatic N) is 2. The molecule has 0 unspecified atom stereocenters. The number of aromatic nitrogens is 2. The lowest BCUT2D eigenvalue weighted by molar-refractivity contribution is 0.102. The first-order valence-electron chi connectivity index (χ1n) is 6.88. The second-order valence-corrected chi connectivity index (χ2v) is 5.02. The summed E-state index contributed by atoms with van der Waals surface area (Å²) in [6.07, 6.45) is 3.52. The average Bonchev–Trinajstić information content (AvgIpc) is 3.03. The number of hydrogen-bond donors (Lipinski definition) is 2. The van der Waals surface area contributed by atoms with Gasteiger partial charge in [0.1, 0.15) is 0 Å². The molecule has 0 saturated heterocycles. The topological polar surface area (TPSA) is 59.0 Å². The molecule has 1 aromatic heterocycles. The molecule has 1 amide bonds. The minimum atomic E-state index is -0.0964. The Morgan fingerprint density at radius 2 is 2.29 bits per heavy atom. The second kappa shape index (κ2) is 6.18. The lowest BCUT2D eigenvalue weighted by Gasteiger charge is -2.07. The van der Waals surface area contributed by atoms with E-state index >= 15 is 0 Å². The fourth-order valence-electron chi connectivity index (χ4n) is 2.57. The first-order chi connectivity index (χ1) is 9.67. The largest absolute Gasteiger partial charge is 0.384 e. The summed E-state index contributed by atoms with van der Waals surface area (Å²) >= 11 is 0. The van der Waals surface area contributed by atoms with Crippen molar-refractivity contribution in [3.8, 4) is 0 Å². The highest BCUT2D eigenvalue weighted by Crippen LogP contribution is 2.25. The number of amides is 1. The van der Waals surface area contributed by atoms with Crippen molar-refractivity contribution in [3.63, 3.8) is 0 Å². The van der Waals surface area contributed by atoms with Gasteiger partial charge in [-0.05, 0) is 36.6 Å². The van der Waals surface area contributed by atoms with E-state index in [2.05, 4.69) is 15.7 Å². The van der Waals surface area contributed by atoms with Gasteiger partial charge in [-0.2, -0.15) is 5.10 Å². The molecule has 0 aliphatic carbocycles. The minimum Gasteiger partial charge on any atom is -0.384 e. The number of hydrogen-bond acceptors (Lipinski definition) is 3. The molecule has 0 spiro atoms. The van der Waals surface area contributed by atoms with Gasteiger partial charge < -0.3 is 10.6 Å². The highest BCUT2D eigenvalue weighted by Gasteiger charge is 2.16. The third kappa shape index (κ3) is 3.03. The van der Waals surface area contributed by atoms with Gasteiger partial charge in [0.25, 0.3) is 5.91 Å². The molecule has 3 rings (SSSR count). The molecule has 1 aromatic carbocycles. The van der Waals surface area contributed by atoms with Crippen molar-refractivity contribution >= 4 is 29.7 Å². The van der Waals surface area contributed by atoms with Gasteiger partial charge in [-0.3, -0.25) is 9.48 Å². The van der Waals surface area contributed by atoms with Gasteiger partial charge >= 0.3 is 0 Å². The maximum absolute atomic E-state index is 12.3. The number of benzene rings is 1. The summed E-state index contributed by atoms with van der Waals surface area (Å²) in [6, 6.07) is 5.98. The maximum atomic E-state index is 12.3. The SMILES string of the molecule is CCc1nn(C)cc1C(=O)Nc1ccc2c(c1)CCN2.Cl. The summed E-state index contributed by atoms with van der Waals surface area (Å²) in [7, 11) is 1.83. The Labute approximate surface area is 130 Å². The van der Waals surface area contributed by atoms with E-state index in [0.717, 1.165) is 30.8 Å². The van der Waals surface area contributed by atoms with Gasteiger partial charge in [0, 0.05) is 31.2 Å². The summed E-state index contributed by atoms with van der Waals surface area (Å²) in [5.41, 5.74) is 4.73. The molecule has 0 radical (unpaired) electrons. The van der Waals surface area contributed by atoms with Crippen LogP contribution >= 0.6 is 12.4 Å². The molecule has 21 heavy (non-hydrogen) atoms. The van der Waals surface area contributed by atoms with Crippen LogP contribution < -0.4 is 10.6 Å². The number of carbonyl (C=O) groups is 1. The normalized spacial score (nSPS) is 12.3. The smallest absolute Gasteiger partial charge is 0.259 e. The number of anilines is 2. The summed E-state index contributed by atoms with van der Waals surface area (Å²) in [5.74, 6) is -0.0964. The lowest BCUT2D eigenvalue weighted by atomic mass is 10.1. The number of rotatable bonds is 3. The van der Waals surface area contributed by atoms with Gasteiger partial charge in [0.2, 0.25) is 0 Å². The third-order valence-electron chi connectivity index (χ3n) is 3.56. The highest BCUT2D eigenvalue weighted by atomic mass is 35.5. The number of halogens is 1. The van der Waals surface area contributed by atoms with E-state index in [1.54, 1.807) is 10.9 Å². The van der Waals surface area contributed by atoms with Crippen LogP contribution in [0, 0.1) is 0 Å². The standard InChI is InChI=1S/C15H18N4O.ClH/c1-3-13-12(9-19(2)18-13)15(20)17-11-4-5-14-10(8-11)6-7-16-14;/h4-5,8-9,16H,3,6-7H2,1-2H3,(H,17,20);1H. The van der Waals surface area contributed by atoms with E-state index in [-0.39, 0.29) is 18.3 Å². The van der Waals surface area contributed by atoms with Crippen LogP contribution in [0.2, 0.25) is 0 Å². The van der Waals surface area contributed by atoms with Gasteiger partial charge in [0.05, 0.1) is 11.3 Å². The molecule has 2 heterocycles. The van der Waals surface area contributed by atoms with Crippen LogP contribution in [0.3, 0.4) is 0 Å². The molecular weight excluding hydrogens is 288 g/mol. The molecule has 6 heteroatoms. The van der Waals surface area contributed by atoms with E-state index in [4.69, 9.17) is 0 Å².